The van der Waals surface area contributed by atoms with Crippen LogP contribution < -0.4 is 5.62 Å². The number of nitrogens with zero attached hydrogens (tertiary/aromatic N) is 2. The third kappa shape index (κ3) is 3.12. The van der Waals surface area contributed by atoms with E-state index in [1.165, 1.54) is 0 Å². The molecule has 3 nitrogen and oxygen atoms in total. The smallest absolute Gasteiger partial charge is 0.203 e. The van der Waals surface area contributed by atoms with Gasteiger partial charge in [0.25, 0.3) is 0 Å². The number of nitrogens with one attached hydrogen (secondary N) is 1. The van der Waals surface area contributed by atoms with Gasteiger partial charge in [-0.2, -0.15) is 0 Å². The molecule has 3 rings (SSSR count). The summed E-state index contributed by atoms with van der Waals surface area (Å²) in [5.74, 6) is 0.710. The van der Waals surface area contributed by atoms with Crippen molar-refractivity contribution in [2.75, 3.05) is 0 Å². The van der Waals surface area contributed by atoms with Crippen LogP contribution in [-0.4, -0.2) is 9.13 Å². The summed E-state index contributed by atoms with van der Waals surface area (Å²) in [5, 5.41) is 8.96. The molecule has 0 fully saturated rings. The number of imidazole rings is 1. The summed E-state index contributed by atoms with van der Waals surface area (Å²) in [6.07, 6.45) is 0. The lowest BCUT2D eigenvalue weighted by molar-refractivity contribution is 0.734. The number of rotatable bonds is 3. The first-order valence-electron chi connectivity index (χ1n) is 6.24. The zero-order valence-electron chi connectivity index (χ0n) is 11.4. The zero-order valence-corrected chi connectivity index (χ0v) is 13.8. The predicted octanol–water partition coefficient (Wildman–Crippen LogP) is 4.28. The first kappa shape index (κ1) is 16.0. The van der Waals surface area contributed by atoms with Crippen LogP contribution in [-0.2, 0) is 12.9 Å². The molecule has 2 aromatic carbocycles. The Morgan fingerprint density at radius 2 is 1.67 bits per heavy atom. The molecule has 0 aliphatic rings. The predicted molar refractivity (Wildman–Crippen MR) is 91.3 cm³/mol. The van der Waals surface area contributed by atoms with E-state index in [0.717, 1.165) is 21.0 Å². The molecule has 0 radical (unpaired) electrons. The highest BCUT2D eigenvalue weighted by atomic mass is 35.5. The SMILES string of the molecule is Cl.Cn1c(=N)n(CSc2ccc(Cl)cc2)c2ccccc21. The Bertz CT molecular complexity index is 806. The average molecular weight is 340 g/mol. The van der Waals surface area contributed by atoms with E-state index < -0.39 is 0 Å². The molecule has 21 heavy (non-hydrogen) atoms. The van der Waals surface area contributed by atoms with Gasteiger partial charge >= 0.3 is 0 Å². The number of aryl methyl sites for hydroxylation is 1. The molecule has 0 aliphatic heterocycles. The number of aromatic nitrogens is 2. The van der Waals surface area contributed by atoms with Crippen LogP contribution in [0.4, 0.5) is 0 Å². The van der Waals surface area contributed by atoms with Crippen molar-refractivity contribution in [2.24, 2.45) is 7.05 Å². The summed E-state index contributed by atoms with van der Waals surface area (Å²) < 4.78 is 3.91. The Morgan fingerprint density at radius 3 is 2.33 bits per heavy atom. The van der Waals surface area contributed by atoms with Gasteiger partial charge in [-0.05, 0) is 36.4 Å². The van der Waals surface area contributed by atoms with Crippen molar-refractivity contribution in [1.29, 1.82) is 5.41 Å². The standard InChI is InChI=1S/C15H14ClN3S.ClH/c1-18-13-4-2-3-5-14(13)19(15(18)17)10-20-12-8-6-11(16)7-9-12;/h2-9,17H,10H2,1H3;1H. The summed E-state index contributed by atoms with van der Waals surface area (Å²) >= 11 is 7.58. The maximum absolute atomic E-state index is 8.22. The van der Waals surface area contributed by atoms with Crippen LogP contribution in [0, 0.1) is 5.41 Å². The molecule has 6 heteroatoms. The van der Waals surface area contributed by atoms with E-state index in [4.69, 9.17) is 17.0 Å². The fourth-order valence-electron chi connectivity index (χ4n) is 2.19. The quantitative estimate of drug-likeness (QED) is 0.709. The third-order valence-corrected chi connectivity index (χ3v) is 4.53. The van der Waals surface area contributed by atoms with Crippen LogP contribution in [0.25, 0.3) is 11.0 Å². The summed E-state index contributed by atoms with van der Waals surface area (Å²) in [6.45, 7) is 0. The topological polar surface area (TPSA) is 33.7 Å². The zero-order chi connectivity index (χ0) is 14.1. The number of benzene rings is 2. The number of para-hydroxylation sites is 2. The van der Waals surface area contributed by atoms with Crippen molar-refractivity contribution in [3.8, 4) is 0 Å². The fraction of sp³-hybridized carbons (Fsp3) is 0.133. The van der Waals surface area contributed by atoms with Gasteiger partial charge < -0.3 is 9.13 Å². The van der Waals surface area contributed by atoms with E-state index in [1.54, 1.807) is 11.8 Å². The largest absolute Gasteiger partial charge is 0.313 e. The van der Waals surface area contributed by atoms with E-state index in [9.17, 15) is 0 Å². The lowest BCUT2D eigenvalue weighted by Gasteiger charge is -2.04. The molecule has 0 aliphatic carbocycles. The maximum atomic E-state index is 8.22. The molecule has 1 N–H and O–H groups in total. The van der Waals surface area contributed by atoms with Gasteiger partial charge in [0.15, 0.2) is 0 Å². The summed E-state index contributed by atoms with van der Waals surface area (Å²) in [4.78, 5) is 1.15. The van der Waals surface area contributed by atoms with Crippen molar-refractivity contribution in [3.63, 3.8) is 0 Å². The number of hydrogen-bond acceptors (Lipinski definition) is 2. The minimum atomic E-state index is 0. The number of hydrogen-bond donors (Lipinski definition) is 1. The van der Waals surface area contributed by atoms with Crippen LogP contribution in [0.15, 0.2) is 53.4 Å². The molecule has 0 amide bonds. The molecule has 3 aromatic rings. The number of halogens is 2. The maximum Gasteiger partial charge on any atom is 0.203 e. The summed E-state index contributed by atoms with van der Waals surface area (Å²) in [5.41, 5.74) is 2.67. The van der Waals surface area contributed by atoms with Gasteiger partial charge in [0, 0.05) is 17.0 Å². The molecule has 1 heterocycles. The lowest BCUT2D eigenvalue weighted by Crippen LogP contribution is -2.21. The van der Waals surface area contributed by atoms with Crippen LogP contribution in [0.2, 0.25) is 5.02 Å². The second kappa shape index (κ2) is 6.60. The first-order chi connectivity index (χ1) is 9.66. The molecule has 110 valence electrons. The normalized spacial score (nSPS) is 10.6. The number of fused-ring (bicyclic) bond motifs is 1. The van der Waals surface area contributed by atoms with Crippen molar-refractivity contribution >= 4 is 46.8 Å². The van der Waals surface area contributed by atoms with Gasteiger partial charge in [0.05, 0.1) is 16.9 Å². The lowest BCUT2D eigenvalue weighted by atomic mass is 10.3. The van der Waals surface area contributed by atoms with Gasteiger partial charge in [0.1, 0.15) is 0 Å². The summed E-state index contributed by atoms with van der Waals surface area (Å²) in [7, 11) is 1.92. The molecular weight excluding hydrogens is 325 g/mol. The highest BCUT2D eigenvalue weighted by molar-refractivity contribution is 7.98. The average Bonchev–Trinajstić information content (AvgIpc) is 2.71. The second-order valence-electron chi connectivity index (χ2n) is 4.53. The van der Waals surface area contributed by atoms with Crippen LogP contribution in [0.1, 0.15) is 0 Å². The van der Waals surface area contributed by atoms with Crippen molar-refractivity contribution in [1.82, 2.24) is 9.13 Å². The molecule has 0 unspecified atom stereocenters. The van der Waals surface area contributed by atoms with E-state index in [1.807, 2.05) is 58.6 Å². The van der Waals surface area contributed by atoms with E-state index in [2.05, 4.69) is 6.07 Å². The van der Waals surface area contributed by atoms with Crippen molar-refractivity contribution in [3.05, 3.63) is 59.2 Å². The molecular formula is C15H15Cl2N3S. The first-order valence-corrected chi connectivity index (χ1v) is 7.60. The Kier molecular flexibility index (Phi) is 5.04. The Labute approximate surface area is 138 Å². The van der Waals surface area contributed by atoms with Crippen molar-refractivity contribution in [2.45, 2.75) is 10.8 Å². The molecule has 1 aromatic heterocycles. The minimum absolute atomic E-state index is 0. The highest BCUT2D eigenvalue weighted by Crippen LogP contribution is 2.23. The monoisotopic (exact) mass is 339 g/mol. The van der Waals surface area contributed by atoms with Crippen molar-refractivity contribution < 1.29 is 0 Å². The Balaban J connectivity index is 0.00000161. The van der Waals surface area contributed by atoms with E-state index in [0.29, 0.717) is 11.5 Å². The number of thioether (sulfide) groups is 1. The summed E-state index contributed by atoms with van der Waals surface area (Å²) in [6, 6.07) is 15.9. The fourth-order valence-corrected chi connectivity index (χ4v) is 3.18. The molecule has 0 bridgehead atoms. The minimum Gasteiger partial charge on any atom is -0.313 e. The highest BCUT2D eigenvalue weighted by Gasteiger charge is 2.07. The van der Waals surface area contributed by atoms with Crippen LogP contribution in [0.3, 0.4) is 0 Å². The van der Waals surface area contributed by atoms with Crippen LogP contribution in [0.5, 0.6) is 0 Å². The second-order valence-corrected chi connectivity index (χ2v) is 5.98. The molecule has 0 saturated carbocycles. The van der Waals surface area contributed by atoms with Gasteiger partial charge in [-0.3, -0.25) is 5.41 Å². The Morgan fingerprint density at radius 1 is 1.05 bits per heavy atom. The van der Waals surface area contributed by atoms with Gasteiger partial charge in [0.2, 0.25) is 5.62 Å². The third-order valence-electron chi connectivity index (χ3n) is 3.28. The van der Waals surface area contributed by atoms with Gasteiger partial charge in [-0.15, -0.1) is 24.2 Å². The van der Waals surface area contributed by atoms with E-state index in [-0.39, 0.29) is 12.4 Å². The Hall–Kier alpha value is -1.36. The molecule has 0 saturated heterocycles. The van der Waals surface area contributed by atoms with Gasteiger partial charge in [-0.1, -0.05) is 23.7 Å². The van der Waals surface area contributed by atoms with Crippen LogP contribution >= 0.6 is 35.8 Å². The molecule has 0 atom stereocenters. The molecule has 0 spiro atoms. The van der Waals surface area contributed by atoms with Gasteiger partial charge in [-0.25, -0.2) is 0 Å². The van der Waals surface area contributed by atoms with E-state index >= 15 is 0 Å².